The van der Waals surface area contributed by atoms with Gasteiger partial charge in [-0.3, -0.25) is 19.6 Å². The number of halogens is 4. The molecule has 1 spiro atoms. The van der Waals surface area contributed by atoms with Gasteiger partial charge in [0.1, 0.15) is 0 Å². The van der Waals surface area contributed by atoms with Gasteiger partial charge in [-0.05, 0) is 0 Å². The first-order chi connectivity index (χ1) is 6.80. The van der Waals surface area contributed by atoms with Gasteiger partial charge in [0.25, 0.3) is 0 Å². The third-order valence-corrected chi connectivity index (χ3v) is 1.81. The van der Waals surface area contributed by atoms with Gasteiger partial charge in [-0.1, -0.05) is 17.3 Å². The molecule has 8 nitrogen and oxygen atoms in total. The van der Waals surface area contributed by atoms with Gasteiger partial charge in [-0.25, -0.2) is 0 Å². The first-order valence-corrected chi connectivity index (χ1v) is 26.9. The predicted molar refractivity (Wildman–Crippen MR) is 28.0 cm³/mol. The van der Waals surface area contributed by atoms with Crippen molar-refractivity contribution in [3.63, 3.8) is 0 Å². The van der Waals surface area contributed by atoms with Gasteiger partial charge in [0.2, 0.25) is 0 Å². The van der Waals surface area contributed by atoms with Crippen LogP contribution >= 0.6 is 9.98 Å². The molecule has 4 N–H and O–H groups in total. The maximum atomic E-state index is 8.46. The second-order valence-electron chi connectivity index (χ2n) is 1.59. The average molecular weight is 647 g/mol. The van der Waals surface area contributed by atoms with Crippen LogP contribution in [0.25, 0.3) is 0 Å². The van der Waals surface area contributed by atoms with Crippen LogP contribution in [0, 0.1) is 33.3 Å². The summed E-state index contributed by atoms with van der Waals surface area (Å²) in [5.74, 6) is 0. The van der Waals surface area contributed by atoms with E-state index in [-0.39, 0.29) is 27.3 Å². The van der Waals surface area contributed by atoms with Crippen molar-refractivity contribution in [1.29, 1.82) is 0 Å². The quantitative estimate of drug-likeness (QED) is 0.118. The van der Waals surface area contributed by atoms with E-state index in [1.54, 1.807) is 0 Å². The van der Waals surface area contributed by atoms with Gasteiger partial charge < -0.3 is 0 Å². The Morgan fingerprint density at radius 2 is 0.875 bits per heavy atom. The Hall–Kier alpha value is 3.96. The summed E-state index contributed by atoms with van der Waals surface area (Å²) >= 11 is -1.69. The van der Waals surface area contributed by atoms with Crippen molar-refractivity contribution >= 4 is 9.98 Å². The Kier molecular flexibility index (Phi) is 15.3. The third-order valence-electron chi connectivity index (χ3n) is 0.602. The van der Waals surface area contributed by atoms with Crippen molar-refractivity contribution in [1.82, 2.24) is 0 Å². The molecule has 0 radical (unpaired) electrons. The Balaban J connectivity index is -0.000000165. The van der Waals surface area contributed by atoms with Crippen LogP contribution in [0.15, 0.2) is 0 Å². The molecule has 0 atom stereocenters. The third kappa shape index (κ3) is 10.7. The van der Waals surface area contributed by atoms with Crippen LogP contribution in [-0.4, -0.2) is 19.6 Å². The second kappa shape index (κ2) is 9.81. The van der Waals surface area contributed by atoms with Crippen molar-refractivity contribution < 1.29 is 141 Å². The van der Waals surface area contributed by atoms with E-state index in [2.05, 4.69) is 50.6 Å². The van der Waals surface area contributed by atoms with Crippen LogP contribution in [0.3, 0.4) is 0 Å². The molecule has 92 valence electrons. The topological polar surface area (TPSA) is 131 Å². The van der Waals surface area contributed by atoms with Gasteiger partial charge in [-0.2, -0.15) is 0 Å². The first-order valence-electron chi connectivity index (χ1n) is 2.72. The summed E-state index contributed by atoms with van der Waals surface area (Å²) in [5.41, 5.74) is 0. The summed E-state index contributed by atoms with van der Waals surface area (Å²) in [7, 11) is 12.7. The second-order valence-corrected chi connectivity index (χ2v) is 18.3. The van der Waals surface area contributed by atoms with Crippen LogP contribution in [0.2, 0.25) is 0 Å². The van der Waals surface area contributed by atoms with Crippen LogP contribution in [0.1, 0.15) is 0 Å². The van der Waals surface area contributed by atoms with Crippen molar-refractivity contribution in [2.45, 2.75) is 0 Å². The minimum atomic E-state index is -4.97. The molecule has 0 aromatic heterocycles. The summed E-state index contributed by atoms with van der Waals surface area (Å²) in [4.78, 5) is 0. The van der Waals surface area contributed by atoms with Gasteiger partial charge in [0.05, 0.1) is 0 Å². The Labute approximate surface area is 148 Å². The van der Waals surface area contributed by atoms with E-state index in [1.807, 2.05) is 0 Å². The van der Waals surface area contributed by atoms with E-state index in [9.17, 15) is 0 Å². The first kappa shape index (κ1) is 24.9. The molecule has 16 heavy (non-hydrogen) atoms. The summed E-state index contributed by atoms with van der Waals surface area (Å²) in [6.45, 7) is 0. The molecule has 0 aromatic rings. The molecule has 0 bridgehead atoms. The molecule has 2 heterocycles. The molecule has 2 aliphatic heterocycles. The molecule has 0 amide bonds. The Morgan fingerprint density at radius 1 is 0.750 bits per heavy atom. The molecule has 2 fully saturated rings. The summed E-state index contributed by atoms with van der Waals surface area (Å²) in [6, 6.07) is 0. The van der Waals surface area contributed by atoms with Gasteiger partial charge >= 0.3 is 86.8 Å². The zero-order valence-electron chi connectivity index (χ0n) is 7.58. The number of hydrogen-bond donors (Lipinski definition) is 4. The van der Waals surface area contributed by atoms with Crippen molar-refractivity contribution in [2.24, 2.45) is 0 Å². The van der Waals surface area contributed by atoms with E-state index < -0.39 is 53.6 Å². The SMILES string of the molecule is OO.OS12(O)(OO1)OO2.[Cd].[ClH+][Cd][ClH+].[ClH+][Cd][ClH+]. The van der Waals surface area contributed by atoms with E-state index in [4.69, 9.17) is 19.6 Å². The molecule has 0 unspecified atom stereocenters. The molecule has 0 aromatic carbocycles. The standard InChI is InChI=1S/3Cd.4ClH.H2O6S.H2O2/c;;;;;;;1-7(2,3-4-7)5-6-7;1-2/h;;;4*1H;1-2H;1-2H/q;2*+2;;;;;;. The molecule has 2 rings (SSSR count). The van der Waals surface area contributed by atoms with E-state index in [1.165, 1.54) is 0 Å². The molecule has 0 saturated carbocycles. The van der Waals surface area contributed by atoms with E-state index in [0.29, 0.717) is 0 Å². The molecule has 16 heteroatoms. The monoisotopic (exact) mass is 650 g/mol. The fraction of sp³-hybridized carbons (Fsp3) is 0. The molecular formula is H8Cd3Cl4O8S+4. The fourth-order valence-electron chi connectivity index (χ4n) is 0.140. The van der Waals surface area contributed by atoms with Crippen molar-refractivity contribution in [3.8, 4) is 0 Å². The van der Waals surface area contributed by atoms with Crippen molar-refractivity contribution in [3.05, 3.63) is 0 Å². The van der Waals surface area contributed by atoms with Gasteiger partial charge in [-0.15, -0.1) is 0 Å². The normalized spacial score (nSPS) is 26.0. The van der Waals surface area contributed by atoms with Crippen molar-refractivity contribution in [2.75, 3.05) is 0 Å². The molecule has 2 saturated heterocycles. The summed E-state index contributed by atoms with van der Waals surface area (Å²) in [5, 5.41) is 12.0. The van der Waals surface area contributed by atoms with Gasteiger partial charge in [0, 0.05) is 27.3 Å². The minimum absolute atomic E-state index is 0. The van der Waals surface area contributed by atoms with Gasteiger partial charge in [0.15, 0.2) is 0 Å². The van der Waals surface area contributed by atoms with Crippen LogP contribution in [-0.2, 0) is 88.2 Å². The number of rotatable bonds is 0. The zero-order valence-corrected chi connectivity index (χ0v) is 23.8. The van der Waals surface area contributed by atoms with Crippen LogP contribution in [0.5, 0.6) is 0 Å². The number of hydrogen-bond acceptors (Lipinski definition) is 8. The predicted octanol–water partition coefficient (Wildman–Crippen LogP) is -0.669. The van der Waals surface area contributed by atoms with Crippen LogP contribution < -0.4 is 0 Å². The Bertz CT molecular complexity index is 162. The molecule has 0 aliphatic carbocycles. The maximum absolute atomic E-state index is 8.46. The fourth-order valence-corrected chi connectivity index (χ4v) is 0.992. The summed E-state index contributed by atoms with van der Waals surface area (Å²) in [6.07, 6.45) is 0. The Morgan fingerprint density at radius 3 is 0.875 bits per heavy atom. The average Bonchev–Trinajstić information content (AvgIpc) is 3.00. The van der Waals surface area contributed by atoms with E-state index >= 15 is 0 Å². The molecular weight excluding hydrogens is 639 g/mol. The zero-order chi connectivity index (χ0) is 12.7. The van der Waals surface area contributed by atoms with Crippen LogP contribution in [0.4, 0.5) is 0 Å². The molecule has 2 aliphatic rings. The summed E-state index contributed by atoms with van der Waals surface area (Å²) < 4.78 is 31.6. The van der Waals surface area contributed by atoms with E-state index in [0.717, 1.165) is 0 Å².